The number of carbonyl (C=O) groups is 3. The Morgan fingerprint density at radius 3 is 0.901 bits per heavy atom. The molecule has 6 heteroatoms. The summed E-state index contributed by atoms with van der Waals surface area (Å²) < 4.78 is 16.8. The number of ether oxygens (including phenoxy) is 3. The van der Waals surface area contributed by atoms with Gasteiger partial charge in [0.15, 0.2) is 6.10 Å². The van der Waals surface area contributed by atoms with Crippen molar-refractivity contribution < 1.29 is 28.6 Å². The molecule has 6 nitrogen and oxygen atoms in total. The first kappa shape index (κ1) is 67.1. The fraction of sp³-hybridized carbons (Fsp3) is 0.677. The van der Waals surface area contributed by atoms with Gasteiger partial charge < -0.3 is 14.2 Å². The zero-order valence-electron chi connectivity index (χ0n) is 46.2. The van der Waals surface area contributed by atoms with Crippen LogP contribution >= 0.6 is 0 Å². The van der Waals surface area contributed by atoms with Crippen LogP contribution in [0.5, 0.6) is 0 Å². The van der Waals surface area contributed by atoms with E-state index in [4.69, 9.17) is 14.2 Å². The summed E-state index contributed by atoms with van der Waals surface area (Å²) in [6.07, 6.45) is 79.6. The van der Waals surface area contributed by atoms with Crippen molar-refractivity contribution in [1.82, 2.24) is 0 Å². The Morgan fingerprint density at radius 2 is 0.563 bits per heavy atom. The third-order valence-corrected chi connectivity index (χ3v) is 12.3. The lowest BCUT2D eigenvalue weighted by Crippen LogP contribution is -2.30. The second-order valence-corrected chi connectivity index (χ2v) is 19.2. The molecular weight excluding hydrogens is 877 g/mol. The van der Waals surface area contributed by atoms with Crippen molar-refractivity contribution in [2.24, 2.45) is 0 Å². The molecule has 0 heterocycles. The Labute approximate surface area is 438 Å². The highest BCUT2D eigenvalue weighted by atomic mass is 16.6. The van der Waals surface area contributed by atoms with E-state index in [9.17, 15) is 14.4 Å². The average Bonchev–Trinajstić information content (AvgIpc) is 3.37. The van der Waals surface area contributed by atoms with Crippen molar-refractivity contribution in [1.29, 1.82) is 0 Å². The zero-order valence-corrected chi connectivity index (χ0v) is 46.2. The van der Waals surface area contributed by atoms with Gasteiger partial charge in [-0.05, 0) is 103 Å². The largest absolute Gasteiger partial charge is 0.462 e. The molecule has 0 radical (unpaired) electrons. The van der Waals surface area contributed by atoms with Crippen molar-refractivity contribution in [3.8, 4) is 0 Å². The van der Waals surface area contributed by atoms with Gasteiger partial charge in [-0.2, -0.15) is 0 Å². The van der Waals surface area contributed by atoms with Crippen LogP contribution < -0.4 is 0 Å². The Hall–Kier alpha value is -3.93. The lowest BCUT2D eigenvalue weighted by atomic mass is 10.1. The Bertz CT molecular complexity index is 1460. The van der Waals surface area contributed by atoms with Gasteiger partial charge in [0, 0.05) is 19.3 Å². The van der Waals surface area contributed by atoms with Crippen LogP contribution in [0.2, 0.25) is 0 Å². The van der Waals surface area contributed by atoms with Crippen molar-refractivity contribution in [2.45, 2.75) is 271 Å². The first-order valence-corrected chi connectivity index (χ1v) is 29.4. The van der Waals surface area contributed by atoms with E-state index in [1.165, 1.54) is 89.9 Å². The molecule has 0 aliphatic carbocycles. The molecule has 0 aliphatic heterocycles. The van der Waals surface area contributed by atoms with Gasteiger partial charge in [0.25, 0.3) is 0 Å². The van der Waals surface area contributed by atoms with E-state index < -0.39 is 6.10 Å². The highest BCUT2D eigenvalue weighted by Gasteiger charge is 2.19. The molecule has 0 saturated carbocycles. The molecule has 0 aliphatic rings. The summed E-state index contributed by atoms with van der Waals surface area (Å²) in [4.78, 5) is 38.0. The van der Waals surface area contributed by atoms with Gasteiger partial charge >= 0.3 is 17.9 Å². The molecule has 0 aromatic carbocycles. The topological polar surface area (TPSA) is 78.9 Å². The van der Waals surface area contributed by atoms with E-state index >= 15 is 0 Å². The molecule has 0 aromatic heterocycles. The van der Waals surface area contributed by atoms with Gasteiger partial charge in [-0.1, -0.05) is 252 Å². The van der Waals surface area contributed by atoms with Crippen LogP contribution in [0.3, 0.4) is 0 Å². The molecule has 0 N–H and O–H groups in total. The highest BCUT2D eigenvalue weighted by Crippen LogP contribution is 2.15. The third-order valence-electron chi connectivity index (χ3n) is 12.3. The maximum Gasteiger partial charge on any atom is 0.306 e. The van der Waals surface area contributed by atoms with Gasteiger partial charge in [-0.15, -0.1) is 0 Å². The number of unbranched alkanes of at least 4 members (excludes halogenated alkanes) is 23. The third kappa shape index (κ3) is 56.9. The Balaban J connectivity index is 4.17. The van der Waals surface area contributed by atoms with E-state index in [1.54, 1.807) is 0 Å². The number of hydrogen-bond acceptors (Lipinski definition) is 6. The maximum atomic E-state index is 12.8. The first-order chi connectivity index (χ1) is 35.0. The van der Waals surface area contributed by atoms with Crippen molar-refractivity contribution >= 4 is 17.9 Å². The molecule has 0 fully saturated rings. The average molecular weight is 986 g/mol. The summed E-state index contributed by atoms with van der Waals surface area (Å²) in [7, 11) is 0. The minimum absolute atomic E-state index is 0.0846. The maximum absolute atomic E-state index is 12.8. The molecule has 0 aromatic rings. The number of carbonyl (C=O) groups excluding carboxylic acids is 3. The van der Waals surface area contributed by atoms with Gasteiger partial charge in [0.2, 0.25) is 0 Å². The summed E-state index contributed by atoms with van der Waals surface area (Å²) in [6, 6.07) is 0. The summed E-state index contributed by atoms with van der Waals surface area (Å²) in [5, 5.41) is 0. The summed E-state index contributed by atoms with van der Waals surface area (Å²) in [5.74, 6) is -0.909. The summed E-state index contributed by atoms with van der Waals surface area (Å²) in [6.45, 7) is 6.44. The monoisotopic (exact) mass is 985 g/mol. The number of rotatable bonds is 52. The quantitative estimate of drug-likeness (QED) is 0.0261. The molecule has 1 unspecified atom stereocenters. The van der Waals surface area contributed by atoms with Crippen LogP contribution in [0, 0.1) is 0 Å². The molecule has 71 heavy (non-hydrogen) atoms. The van der Waals surface area contributed by atoms with E-state index in [-0.39, 0.29) is 31.1 Å². The van der Waals surface area contributed by atoms with Crippen LogP contribution in [-0.2, 0) is 28.6 Å². The van der Waals surface area contributed by atoms with E-state index in [2.05, 4.69) is 130 Å². The molecule has 0 spiro atoms. The lowest BCUT2D eigenvalue weighted by Gasteiger charge is -2.18. The Kier molecular flexibility index (Phi) is 55.4. The minimum atomic E-state index is -0.786. The van der Waals surface area contributed by atoms with Crippen molar-refractivity contribution in [2.75, 3.05) is 13.2 Å². The van der Waals surface area contributed by atoms with Crippen molar-refractivity contribution in [3.05, 3.63) is 109 Å². The summed E-state index contributed by atoms with van der Waals surface area (Å²) >= 11 is 0. The van der Waals surface area contributed by atoms with E-state index in [1.807, 2.05) is 0 Å². The summed E-state index contributed by atoms with van der Waals surface area (Å²) in [5.41, 5.74) is 0. The number of hydrogen-bond donors (Lipinski definition) is 0. The highest BCUT2D eigenvalue weighted by molar-refractivity contribution is 5.71. The minimum Gasteiger partial charge on any atom is -0.462 e. The van der Waals surface area contributed by atoms with E-state index in [0.717, 1.165) is 135 Å². The van der Waals surface area contributed by atoms with Crippen LogP contribution in [0.1, 0.15) is 265 Å². The first-order valence-electron chi connectivity index (χ1n) is 29.4. The van der Waals surface area contributed by atoms with Gasteiger partial charge in [-0.25, -0.2) is 0 Å². The normalized spacial score (nSPS) is 12.9. The van der Waals surface area contributed by atoms with Crippen LogP contribution in [-0.4, -0.2) is 37.2 Å². The molecule has 0 bridgehead atoms. The second-order valence-electron chi connectivity index (χ2n) is 19.2. The standard InChI is InChI=1S/C65H108O6/c1-4-7-10-13-16-19-21-23-25-26-27-28-29-30-31-32-33-34-35-36-37-38-39-40-41-43-44-46-49-52-55-58-64(67)70-61-62(60-69-63(66)57-54-51-48-18-15-12-9-6-3)71-65(68)59-56-53-50-47-45-42-24-22-20-17-14-11-8-5-2/h7,10,14,16-17,19,22-25,27-28,30-31,33-34,36-37,62H,4-6,8-9,11-13,15,18,20-21,26,29,32,35,38-61H2,1-3H3/b10-7-,17-14-,19-16-,24-22-,25-23-,28-27-,31-30-,34-33-,37-36-. The van der Waals surface area contributed by atoms with E-state index in [0.29, 0.717) is 19.3 Å². The van der Waals surface area contributed by atoms with Gasteiger partial charge in [-0.3, -0.25) is 14.4 Å². The van der Waals surface area contributed by atoms with Crippen LogP contribution in [0.15, 0.2) is 109 Å². The van der Waals surface area contributed by atoms with Crippen LogP contribution in [0.25, 0.3) is 0 Å². The smallest absolute Gasteiger partial charge is 0.306 e. The SMILES string of the molecule is CC/C=C\C/C=C\C/C=C\C/C=C\C/C=C\C/C=C\C/C=C\CCCCCCCCCCCC(=O)OCC(COC(=O)CCCCCCCCCC)OC(=O)CCCCCCC/C=C\C/C=C\CCCC. The van der Waals surface area contributed by atoms with Gasteiger partial charge in [0.1, 0.15) is 13.2 Å². The second kappa shape index (κ2) is 58.6. The molecule has 404 valence electrons. The predicted molar refractivity (Wildman–Crippen MR) is 307 cm³/mol. The lowest BCUT2D eigenvalue weighted by molar-refractivity contribution is -0.167. The molecule has 1 atom stereocenters. The molecule has 0 amide bonds. The number of esters is 3. The molecular formula is C65H108O6. The molecule has 0 rings (SSSR count). The zero-order chi connectivity index (χ0) is 51.4. The predicted octanol–water partition coefficient (Wildman–Crippen LogP) is 19.9. The number of allylic oxidation sites excluding steroid dienone is 18. The van der Waals surface area contributed by atoms with Crippen LogP contribution in [0.4, 0.5) is 0 Å². The fourth-order valence-electron chi connectivity index (χ4n) is 7.85. The van der Waals surface area contributed by atoms with Crippen molar-refractivity contribution in [3.63, 3.8) is 0 Å². The Morgan fingerprint density at radius 1 is 0.296 bits per heavy atom. The molecule has 0 saturated heterocycles. The van der Waals surface area contributed by atoms with Gasteiger partial charge in [0.05, 0.1) is 0 Å². The fourth-order valence-corrected chi connectivity index (χ4v) is 7.85.